The summed E-state index contributed by atoms with van der Waals surface area (Å²) in [4.78, 5) is 15.3. The average Bonchev–Trinajstić information content (AvgIpc) is 2.61. The zero-order valence-corrected chi connectivity index (χ0v) is 17.9. The Hall–Kier alpha value is -0.930. The first kappa shape index (κ1) is 29.3. The number of hydrogen-bond donors (Lipinski definition) is 2. The van der Waals surface area contributed by atoms with Crippen molar-refractivity contribution >= 4 is 48.8 Å². The van der Waals surface area contributed by atoms with Gasteiger partial charge in [-0.1, -0.05) is 6.07 Å². The number of rotatable bonds is 7. The zero-order valence-electron chi connectivity index (χ0n) is 15.4. The number of carbonyl (C=O) groups excluding carboxylic acids is 1. The zero-order chi connectivity index (χ0) is 18.3. The Labute approximate surface area is 182 Å². The van der Waals surface area contributed by atoms with Crippen LogP contribution in [0.5, 0.6) is 0 Å². The molecule has 0 aromatic heterocycles. The van der Waals surface area contributed by atoms with Crippen molar-refractivity contribution in [1.82, 2.24) is 10.2 Å². The summed E-state index contributed by atoms with van der Waals surface area (Å²) in [7, 11) is 0. The highest BCUT2D eigenvalue weighted by Gasteiger charge is 2.31. The lowest BCUT2D eigenvalue weighted by Gasteiger charge is -2.36. The first-order valence-electron chi connectivity index (χ1n) is 8.51. The Morgan fingerprint density at radius 1 is 1.07 bits per heavy atom. The maximum absolute atomic E-state index is 12.8. The molecule has 0 saturated carbocycles. The minimum Gasteiger partial charge on any atom is -0.369 e. The molecule has 0 aliphatic carbocycles. The molecule has 0 atom stereocenters. The Morgan fingerprint density at radius 2 is 1.71 bits per heavy atom. The predicted molar refractivity (Wildman–Crippen MR) is 113 cm³/mol. The molecule has 1 saturated heterocycles. The van der Waals surface area contributed by atoms with E-state index in [1.165, 1.54) is 12.1 Å². The van der Waals surface area contributed by atoms with Crippen LogP contribution >= 0.6 is 37.2 Å². The molecule has 1 aliphatic rings. The summed E-state index contributed by atoms with van der Waals surface area (Å²) in [6.45, 7) is 4.64. The highest BCUT2D eigenvalue weighted by molar-refractivity contribution is 5.86. The van der Waals surface area contributed by atoms with Gasteiger partial charge in [0.2, 0.25) is 5.91 Å². The lowest BCUT2D eigenvalue weighted by atomic mass is 10.1. The normalized spacial score (nSPS) is 14.4. The molecule has 0 spiro atoms. The summed E-state index contributed by atoms with van der Waals surface area (Å²) in [6.07, 6.45) is -2.45. The topological polar surface area (TPSA) is 61.6 Å². The monoisotopic (exact) mass is 466 g/mol. The molecule has 0 radical (unpaired) electrons. The van der Waals surface area contributed by atoms with E-state index in [0.717, 1.165) is 38.5 Å². The number of benzene rings is 1. The van der Waals surface area contributed by atoms with Gasteiger partial charge in [-0.05, 0) is 37.6 Å². The van der Waals surface area contributed by atoms with Gasteiger partial charge in [0.05, 0.1) is 12.1 Å². The number of amides is 1. The number of carbonyl (C=O) groups is 1. The number of nitrogens with two attached hydrogens (primary N) is 1. The molecule has 1 aliphatic heterocycles. The maximum Gasteiger partial charge on any atom is 0.416 e. The number of alkyl halides is 3. The third-order valence-corrected chi connectivity index (χ3v) is 4.32. The summed E-state index contributed by atoms with van der Waals surface area (Å²) in [5, 5.41) is 2.73. The van der Waals surface area contributed by atoms with Crippen molar-refractivity contribution in [2.75, 3.05) is 50.7 Å². The van der Waals surface area contributed by atoms with Gasteiger partial charge in [-0.15, -0.1) is 37.2 Å². The van der Waals surface area contributed by atoms with E-state index < -0.39 is 11.7 Å². The lowest BCUT2D eigenvalue weighted by Crippen LogP contribution is -2.46. The summed E-state index contributed by atoms with van der Waals surface area (Å²) < 4.78 is 38.4. The molecule has 3 N–H and O–H groups in total. The number of anilines is 1. The van der Waals surface area contributed by atoms with Crippen LogP contribution in [-0.4, -0.2) is 56.6 Å². The molecule has 1 fully saturated rings. The van der Waals surface area contributed by atoms with Crippen LogP contribution in [0.3, 0.4) is 0 Å². The number of nitrogens with one attached hydrogen (secondary N) is 1. The molecule has 1 heterocycles. The first-order chi connectivity index (χ1) is 11.9. The highest BCUT2D eigenvalue weighted by atomic mass is 35.5. The fraction of sp³-hybridized carbons (Fsp3) is 0.588. The second-order valence-electron chi connectivity index (χ2n) is 6.14. The Balaban J connectivity index is 0. The Bertz CT molecular complexity index is 571. The quantitative estimate of drug-likeness (QED) is 0.605. The van der Waals surface area contributed by atoms with Gasteiger partial charge in [0.1, 0.15) is 0 Å². The Kier molecular flexibility index (Phi) is 14.8. The molecular weight excluding hydrogens is 440 g/mol. The van der Waals surface area contributed by atoms with Crippen LogP contribution in [-0.2, 0) is 11.0 Å². The van der Waals surface area contributed by atoms with E-state index in [9.17, 15) is 18.0 Å². The third kappa shape index (κ3) is 9.52. The van der Waals surface area contributed by atoms with E-state index in [0.29, 0.717) is 25.3 Å². The molecule has 0 unspecified atom stereocenters. The molecular formula is C17H28Cl3F3N4O. The average molecular weight is 468 g/mol. The van der Waals surface area contributed by atoms with Crippen LogP contribution in [0.2, 0.25) is 0 Å². The first-order valence-corrected chi connectivity index (χ1v) is 8.51. The minimum atomic E-state index is -4.31. The van der Waals surface area contributed by atoms with Crippen molar-refractivity contribution in [3.8, 4) is 0 Å². The fourth-order valence-electron chi connectivity index (χ4n) is 2.87. The number of halogens is 6. The van der Waals surface area contributed by atoms with E-state index in [2.05, 4.69) is 10.2 Å². The van der Waals surface area contributed by atoms with Gasteiger partial charge in [0, 0.05) is 38.4 Å². The predicted octanol–water partition coefficient (Wildman–Crippen LogP) is 2.95. The third-order valence-electron chi connectivity index (χ3n) is 4.32. The van der Waals surface area contributed by atoms with Crippen molar-refractivity contribution in [2.24, 2.45) is 5.73 Å². The molecule has 1 amide bonds. The van der Waals surface area contributed by atoms with Gasteiger partial charge >= 0.3 is 6.18 Å². The van der Waals surface area contributed by atoms with Crippen molar-refractivity contribution in [3.63, 3.8) is 0 Å². The summed E-state index contributed by atoms with van der Waals surface area (Å²) >= 11 is 0. The van der Waals surface area contributed by atoms with Gasteiger partial charge in [0.15, 0.2) is 0 Å². The largest absolute Gasteiger partial charge is 0.416 e. The van der Waals surface area contributed by atoms with Gasteiger partial charge in [0.25, 0.3) is 0 Å². The Morgan fingerprint density at radius 3 is 2.29 bits per heavy atom. The van der Waals surface area contributed by atoms with Crippen molar-refractivity contribution in [3.05, 3.63) is 29.8 Å². The number of piperazine rings is 1. The van der Waals surface area contributed by atoms with Crippen LogP contribution in [0.25, 0.3) is 0 Å². The van der Waals surface area contributed by atoms with Gasteiger partial charge < -0.3 is 16.0 Å². The molecule has 11 heteroatoms. The summed E-state index contributed by atoms with van der Waals surface area (Å²) in [6, 6.07) is 5.50. The van der Waals surface area contributed by atoms with E-state index in [1.54, 1.807) is 6.07 Å². The second kappa shape index (κ2) is 14.1. The van der Waals surface area contributed by atoms with E-state index in [-0.39, 0.29) is 49.7 Å². The van der Waals surface area contributed by atoms with Gasteiger partial charge in [-0.25, -0.2) is 0 Å². The standard InChI is InChI=1S/C17H25F3N4O.3ClH/c18-17(19,20)14-4-3-5-15(12-14)24-10-8-23(9-11-24)7-2-1-6-22-16(25)13-21;;;/h3-5,12H,1-2,6-11,13,21H2,(H,22,25);3*1H. The van der Waals surface area contributed by atoms with Crippen molar-refractivity contribution < 1.29 is 18.0 Å². The lowest BCUT2D eigenvalue weighted by molar-refractivity contribution is -0.137. The number of nitrogens with zero attached hydrogens (tertiary/aromatic N) is 2. The van der Waals surface area contributed by atoms with Crippen molar-refractivity contribution in [1.29, 1.82) is 0 Å². The van der Waals surface area contributed by atoms with Crippen LogP contribution in [0.15, 0.2) is 24.3 Å². The van der Waals surface area contributed by atoms with E-state index >= 15 is 0 Å². The van der Waals surface area contributed by atoms with E-state index in [1.807, 2.05) is 4.90 Å². The number of hydrogen-bond acceptors (Lipinski definition) is 4. The molecule has 164 valence electrons. The van der Waals surface area contributed by atoms with Crippen LogP contribution in [0, 0.1) is 0 Å². The molecule has 1 aromatic carbocycles. The molecule has 5 nitrogen and oxygen atoms in total. The minimum absolute atomic E-state index is 0. The van der Waals surface area contributed by atoms with Crippen LogP contribution in [0.1, 0.15) is 18.4 Å². The number of unbranched alkanes of at least 4 members (excludes halogenated alkanes) is 1. The summed E-state index contributed by atoms with van der Waals surface area (Å²) in [5.74, 6) is -0.144. The molecule has 2 rings (SSSR count). The summed E-state index contributed by atoms with van der Waals surface area (Å²) in [5.41, 5.74) is 5.23. The molecule has 1 aromatic rings. The fourth-order valence-corrected chi connectivity index (χ4v) is 2.87. The van der Waals surface area contributed by atoms with Crippen LogP contribution < -0.4 is 16.0 Å². The smallest absolute Gasteiger partial charge is 0.369 e. The molecule has 28 heavy (non-hydrogen) atoms. The van der Waals surface area contributed by atoms with Gasteiger partial charge in [-0.2, -0.15) is 13.2 Å². The van der Waals surface area contributed by atoms with Crippen LogP contribution in [0.4, 0.5) is 18.9 Å². The second-order valence-corrected chi connectivity index (χ2v) is 6.14. The van der Waals surface area contributed by atoms with Crippen molar-refractivity contribution in [2.45, 2.75) is 19.0 Å². The maximum atomic E-state index is 12.8. The SMILES string of the molecule is Cl.Cl.Cl.NCC(=O)NCCCCN1CCN(c2cccc(C(F)(F)F)c2)CC1. The molecule has 0 bridgehead atoms. The van der Waals surface area contributed by atoms with Gasteiger partial charge in [-0.3, -0.25) is 9.69 Å². The highest BCUT2D eigenvalue weighted by Crippen LogP contribution is 2.31. The van der Waals surface area contributed by atoms with E-state index in [4.69, 9.17) is 5.73 Å².